The number of ether oxygens (including phenoxy) is 2. The van der Waals surface area contributed by atoms with Crippen LogP contribution in [0.15, 0.2) is 103 Å². The standard InChI is InChI=1S/C33H38N4O4/c1-25(36(22-26-14-8-5-9-15-26)23-27-16-10-6-11-17-27)30(40-24-28-18-12-7-13-19-28)31(38)35-29-20-21-34-37(29)32(39)41-33(2,3)4/h5-21,25,30H,22-24H2,1-4H3,(H,35,38)/t25-,30?/m0/s1. The van der Waals surface area contributed by atoms with E-state index in [0.29, 0.717) is 13.1 Å². The Morgan fingerprint density at radius 1 is 0.829 bits per heavy atom. The van der Waals surface area contributed by atoms with Gasteiger partial charge >= 0.3 is 6.09 Å². The lowest BCUT2D eigenvalue weighted by molar-refractivity contribution is -0.133. The number of anilines is 1. The number of carbonyl (C=O) groups excluding carboxylic acids is 2. The summed E-state index contributed by atoms with van der Waals surface area (Å²) < 4.78 is 12.8. The zero-order chi connectivity index (χ0) is 29.2. The lowest BCUT2D eigenvalue weighted by Crippen LogP contribution is -2.48. The lowest BCUT2D eigenvalue weighted by Gasteiger charge is -2.34. The van der Waals surface area contributed by atoms with Crippen molar-refractivity contribution in [3.63, 3.8) is 0 Å². The van der Waals surface area contributed by atoms with Crippen LogP contribution in [-0.4, -0.2) is 44.4 Å². The molecule has 0 aliphatic carbocycles. The molecule has 0 aliphatic heterocycles. The van der Waals surface area contributed by atoms with Crippen LogP contribution in [0, 0.1) is 0 Å². The topological polar surface area (TPSA) is 85.7 Å². The van der Waals surface area contributed by atoms with Crippen molar-refractivity contribution in [2.45, 2.75) is 65.1 Å². The first-order valence-electron chi connectivity index (χ1n) is 13.8. The molecular formula is C33H38N4O4. The number of nitrogens with one attached hydrogen (secondary N) is 1. The summed E-state index contributed by atoms with van der Waals surface area (Å²) in [6.07, 6.45) is -0.105. The van der Waals surface area contributed by atoms with Gasteiger partial charge in [-0.2, -0.15) is 5.10 Å². The lowest BCUT2D eigenvalue weighted by atomic mass is 10.1. The summed E-state index contributed by atoms with van der Waals surface area (Å²) in [5.74, 6) is -0.174. The van der Waals surface area contributed by atoms with Crippen molar-refractivity contribution in [2.24, 2.45) is 0 Å². The van der Waals surface area contributed by atoms with E-state index >= 15 is 0 Å². The minimum absolute atomic E-state index is 0.211. The molecule has 8 nitrogen and oxygen atoms in total. The first kappa shape index (κ1) is 29.7. The Morgan fingerprint density at radius 3 is 1.85 bits per heavy atom. The highest BCUT2D eigenvalue weighted by atomic mass is 16.6. The smallest absolute Gasteiger partial charge is 0.437 e. The molecule has 0 aliphatic rings. The van der Waals surface area contributed by atoms with Crippen molar-refractivity contribution in [3.05, 3.63) is 120 Å². The molecule has 41 heavy (non-hydrogen) atoms. The predicted molar refractivity (Wildman–Crippen MR) is 159 cm³/mol. The summed E-state index contributed by atoms with van der Waals surface area (Å²) in [5, 5.41) is 6.94. The molecule has 1 unspecified atom stereocenters. The second-order valence-corrected chi connectivity index (χ2v) is 10.9. The van der Waals surface area contributed by atoms with Crippen LogP contribution < -0.4 is 5.32 Å². The predicted octanol–water partition coefficient (Wildman–Crippen LogP) is 6.28. The molecule has 214 valence electrons. The minimum Gasteiger partial charge on any atom is -0.442 e. The average molecular weight is 555 g/mol. The Labute approximate surface area is 241 Å². The van der Waals surface area contributed by atoms with Crippen LogP contribution >= 0.6 is 0 Å². The monoisotopic (exact) mass is 554 g/mol. The van der Waals surface area contributed by atoms with Gasteiger partial charge in [0.15, 0.2) is 6.10 Å². The van der Waals surface area contributed by atoms with Gasteiger partial charge in [0.2, 0.25) is 0 Å². The van der Waals surface area contributed by atoms with Crippen LogP contribution in [-0.2, 0) is 34.0 Å². The van der Waals surface area contributed by atoms with E-state index in [1.807, 2.05) is 73.7 Å². The van der Waals surface area contributed by atoms with E-state index < -0.39 is 17.8 Å². The molecule has 1 aromatic heterocycles. The molecule has 1 heterocycles. The van der Waals surface area contributed by atoms with Crippen LogP contribution in [0.2, 0.25) is 0 Å². The highest BCUT2D eigenvalue weighted by molar-refractivity contribution is 5.95. The van der Waals surface area contributed by atoms with Gasteiger partial charge < -0.3 is 14.8 Å². The fourth-order valence-corrected chi connectivity index (χ4v) is 4.41. The van der Waals surface area contributed by atoms with Gasteiger partial charge in [-0.15, -0.1) is 4.68 Å². The van der Waals surface area contributed by atoms with Gasteiger partial charge in [-0.25, -0.2) is 4.79 Å². The Morgan fingerprint density at radius 2 is 1.34 bits per heavy atom. The second-order valence-electron chi connectivity index (χ2n) is 10.9. The largest absolute Gasteiger partial charge is 0.442 e. The van der Waals surface area contributed by atoms with Crippen LogP contribution in [0.25, 0.3) is 0 Å². The highest BCUT2D eigenvalue weighted by Crippen LogP contribution is 2.20. The Bertz CT molecular complexity index is 1340. The van der Waals surface area contributed by atoms with Gasteiger partial charge in [-0.3, -0.25) is 9.69 Å². The van der Waals surface area contributed by atoms with Crippen LogP contribution in [0.1, 0.15) is 44.4 Å². The number of carbonyl (C=O) groups is 2. The number of amides is 1. The number of hydrogen-bond donors (Lipinski definition) is 1. The van der Waals surface area contributed by atoms with Gasteiger partial charge in [0.1, 0.15) is 11.4 Å². The van der Waals surface area contributed by atoms with E-state index in [4.69, 9.17) is 9.47 Å². The van der Waals surface area contributed by atoms with Crippen molar-refractivity contribution in [1.29, 1.82) is 0 Å². The second kappa shape index (κ2) is 13.9. The summed E-state index contributed by atoms with van der Waals surface area (Å²) >= 11 is 0. The van der Waals surface area contributed by atoms with Crippen molar-refractivity contribution >= 4 is 17.8 Å². The fourth-order valence-electron chi connectivity index (χ4n) is 4.41. The van der Waals surface area contributed by atoms with Gasteiger partial charge in [-0.05, 0) is 44.4 Å². The minimum atomic E-state index is -0.871. The van der Waals surface area contributed by atoms with Crippen molar-refractivity contribution in [2.75, 3.05) is 5.32 Å². The third-order valence-corrected chi connectivity index (χ3v) is 6.46. The van der Waals surface area contributed by atoms with Crippen LogP contribution in [0.3, 0.4) is 0 Å². The third-order valence-electron chi connectivity index (χ3n) is 6.46. The third kappa shape index (κ3) is 8.86. The van der Waals surface area contributed by atoms with Crippen LogP contribution in [0.5, 0.6) is 0 Å². The molecule has 3 aromatic carbocycles. The maximum atomic E-state index is 13.9. The van der Waals surface area contributed by atoms with Crippen LogP contribution in [0.4, 0.5) is 10.6 Å². The maximum Gasteiger partial charge on any atom is 0.437 e. The van der Waals surface area contributed by atoms with Crippen molar-refractivity contribution in [3.8, 4) is 0 Å². The SMILES string of the molecule is C[C@@H](C(OCc1ccccc1)C(=O)Nc1ccnn1C(=O)OC(C)(C)C)N(Cc1ccccc1)Cc1ccccc1. The van der Waals surface area contributed by atoms with Gasteiger partial charge in [0.25, 0.3) is 5.91 Å². The number of benzene rings is 3. The number of rotatable bonds is 11. The zero-order valence-electron chi connectivity index (χ0n) is 24.1. The highest BCUT2D eigenvalue weighted by Gasteiger charge is 2.32. The summed E-state index contributed by atoms with van der Waals surface area (Å²) in [6, 6.07) is 31.3. The quantitative estimate of drug-likeness (QED) is 0.235. The molecule has 0 saturated heterocycles. The summed E-state index contributed by atoms with van der Waals surface area (Å²) in [7, 11) is 0. The Balaban J connectivity index is 1.61. The molecule has 0 spiro atoms. The summed E-state index contributed by atoms with van der Waals surface area (Å²) in [5.41, 5.74) is 2.49. The first-order valence-corrected chi connectivity index (χ1v) is 13.8. The first-order chi connectivity index (χ1) is 19.7. The zero-order valence-corrected chi connectivity index (χ0v) is 24.1. The van der Waals surface area contributed by atoms with Gasteiger partial charge in [-0.1, -0.05) is 91.0 Å². The Kier molecular flexibility index (Phi) is 10.1. The molecule has 8 heteroatoms. The Hall–Kier alpha value is -4.27. The normalized spacial score (nSPS) is 13.0. The van der Waals surface area contributed by atoms with Gasteiger partial charge in [0, 0.05) is 25.2 Å². The molecule has 4 aromatic rings. The molecule has 0 radical (unpaired) electrons. The van der Waals surface area contributed by atoms with E-state index in [2.05, 4.69) is 39.6 Å². The van der Waals surface area contributed by atoms with E-state index in [0.717, 1.165) is 21.4 Å². The van der Waals surface area contributed by atoms with E-state index in [-0.39, 0.29) is 24.4 Å². The molecule has 0 saturated carbocycles. The molecular weight excluding hydrogens is 516 g/mol. The maximum absolute atomic E-state index is 13.9. The number of hydrogen-bond acceptors (Lipinski definition) is 6. The summed E-state index contributed by atoms with van der Waals surface area (Å²) in [6.45, 7) is 8.80. The average Bonchev–Trinajstić information content (AvgIpc) is 3.42. The van der Waals surface area contributed by atoms with Crippen molar-refractivity contribution < 1.29 is 19.1 Å². The molecule has 0 fully saturated rings. The molecule has 1 N–H and O–H groups in total. The molecule has 2 atom stereocenters. The van der Waals surface area contributed by atoms with Crippen molar-refractivity contribution in [1.82, 2.24) is 14.7 Å². The van der Waals surface area contributed by atoms with E-state index in [1.54, 1.807) is 26.8 Å². The van der Waals surface area contributed by atoms with Gasteiger partial charge in [0.05, 0.1) is 12.8 Å². The summed E-state index contributed by atoms with van der Waals surface area (Å²) in [4.78, 5) is 28.9. The number of aromatic nitrogens is 2. The molecule has 0 bridgehead atoms. The van der Waals surface area contributed by atoms with E-state index in [1.165, 1.54) is 6.20 Å². The molecule has 1 amide bonds. The molecule has 4 rings (SSSR count). The number of nitrogens with zero attached hydrogens (tertiary/aromatic N) is 3. The van der Waals surface area contributed by atoms with E-state index in [9.17, 15) is 9.59 Å². The fraction of sp³-hybridized carbons (Fsp3) is 0.303.